The van der Waals surface area contributed by atoms with E-state index in [2.05, 4.69) is 34.2 Å². The van der Waals surface area contributed by atoms with Gasteiger partial charge in [0.05, 0.1) is 0 Å². The first-order chi connectivity index (χ1) is 11.1. The third-order valence-electron chi connectivity index (χ3n) is 6.26. The number of rotatable bonds is 3. The lowest BCUT2D eigenvalue weighted by molar-refractivity contribution is -0.138. The van der Waals surface area contributed by atoms with Crippen molar-refractivity contribution in [2.45, 2.75) is 37.9 Å². The summed E-state index contributed by atoms with van der Waals surface area (Å²) in [4.78, 5) is 17.8. The van der Waals surface area contributed by atoms with Gasteiger partial charge in [-0.25, -0.2) is 0 Å². The molecule has 3 heterocycles. The van der Waals surface area contributed by atoms with Gasteiger partial charge in [-0.1, -0.05) is 24.3 Å². The zero-order valence-electron chi connectivity index (χ0n) is 14.3. The van der Waals surface area contributed by atoms with Gasteiger partial charge in [-0.05, 0) is 56.8 Å². The minimum absolute atomic E-state index is 0.161. The molecule has 4 nitrogen and oxygen atoms in total. The molecule has 1 aromatic carbocycles. The third kappa shape index (κ3) is 2.23. The van der Waals surface area contributed by atoms with Gasteiger partial charge in [-0.2, -0.15) is 0 Å². The van der Waals surface area contributed by atoms with Crippen LogP contribution in [0.5, 0.6) is 0 Å². The van der Waals surface area contributed by atoms with Crippen molar-refractivity contribution in [1.29, 1.82) is 0 Å². The van der Waals surface area contributed by atoms with Crippen molar-refractivity contribution in [3.8, 4) is 0 Å². The molecule has 2 bridgehead atoms. The topological polar surface area (TPSA) is 35.6 Å². The molecule has 0 unspecified atom stereocenters. The number of likely N-dealkylation sites (N-methyl/N-ethyl adjacent to an activating group) is 1. The quantitative estimate of drug-likeness (QED) is 0.924. The van der Waals surface area contributed by atoms with Crippen molar-refractivity contribution in [2.75, 3.05) is 27.2 Å². The molecule has 0 aromatic heterocycles. The highest BCUT2D eigenvalue weighted by molar-refractivity contribution is 5.85. The van der Waals surface area contributed by atoms with E-state index in [4.69, 9.17) is 0 Å². The Morgan fingerprint density at radius 2 is 1.78 bits per heavy atom. The van der Waals surface area contributed by atoms with E-state index in [0.29, 0.717) is 29.8 Å². The summed E-state index contributed by atoms with van der Waals surface area (Å²) in [5, 5.41) is 3.53. The summed E-state index contributed by atoms with van der Waals surface area (Å²) < 4.78 is 0. The highest BCUT2D eigenvalue weighted by Crippen LogP contribution is 2.48. The summed E-state index contributed by atoms with van der Waals surface area (Å²) in [5.74, 6) is 1.67. The molecule has 5 atom stereocenters. The second kappa shape index (κ2) is 5.60. The van der Waals surface area contributed by atoms with Crippen molar-refractivity contribution in [3.63, 3.8) is 0 Å². The summed E-state index contributed by atoms with van der Waals surface area (Å²) in [5.41, 5.74) is 2.35. The number of nitrogens with zero attached hydrogens (tertiary/aromatic N) is 2. The fourth-order valence-electron chi connectivity index (χ4n) is 5.26. The van der Waals surface area contributed by atoms with E-state index >= 15 is 0 Å². The molecular formula is C19H27N3O. The first kappa shape index (κ1) is 15.2. The van der Waals surface area contributed by atoms with Crippen LogP contribution in [0.2, 0.25) is 0 Å². The standard InChI is InChI=1S/C19H27N3O/c1-12-6-4-5-7-13(12)18(21(2)3)19(23)22-16-8-9-17(22)15-11-20-10-14(15)16/h4-7,14-18,20H,8-11H2,1-3H3/t14-,15+,16-,17+,18-/m1/s1. The molecule has 1 amide bonds. The largest absolute Gasteiger partial charge is 0.334 e. The van der Waals surface area contributed by atoms with Crippen molar-refractivity contribution in [3.05, 3.63) is 35.4 Å². The van der Waals surface area contributed by atoms with Gasteiger partial charge in [0.15, 0.2) is 0 Å². The molecule has 1 N–H and O–H groups in total. The number of fused-ring (bicyclic) bond motifs is 5. The minimum atomic E-state index is -0.161. The van der Waals surface area contributed by atoms with Crippen molar-refractivity contribution >= 4 is 5.91 Å². The normalized spacial score (nSPS) is 33.3. The highest BCUT2D eigenvalue weighted by Gasteiger charge is 2.57. The van der Waals surface area contributed by atoms with Gasteiger partial charge in [0.1, 0.15) is 6.04 Å². The molecule has 4 rings (SSSR count). The Hall–Kier alpha value is -1.39. The number of hydrogen-bond donors (Lipinski definition) is 1. The minimum Gasteiger partial charge on any atom is -0.334 e. The number of carbonyl (C=O) groups is 1. The zero-order chi connectivity index (χ0) is 16.1. The maximum absolute atomic E-state index is 13.5. The molecule has 0 aliphatic carbocycles. The van der Waals surface area contributed by atoms with Crippen LogP contribution in [-0.2, 0) is 4.79 Å². The van der Waals surface area contributed by atoms with Crippen molar-refractivity contribution < 1.29 is 4.79 Å². The van der Waals surface area contributed by atoms with E-state index in [1.54, 1.807) is 0 Å². The second-order valence-corrected chi connectivity index (χ2v) is 7.67. The van der Waals surface area contributed by atoms with Crippen LogP contribution in [0.4, 0.5) is 0 Å². The van der Waals surface area contributed by atoms with E-state index in [1.165, 1.54) is 18.4 Å². The van der Waals surface area contributed by atoms with E-state index in [0.717, 1.165) is 18.7 Å². The Morgan fingerprint density at radius 3 is 2.35 bits per heavy atom. The zero-order valence-corrected chi connectivity index (χ0v) is 14.3. The Labute approximate surface area is 138 Å². The Bertz CT molecular complexity index is 596. The van der Waals surface area contributed by atoms with Gasteiger partial charge in [0, 0.05) is 25.2 Å². The molecule has 0 saturated carbocycles. The lowest BCUT2D eigenvalue weighted by atomic mass is 9.82. The van der Waals surface area contributed by atoms with E-state index in [9.17, 15) is 4.79 Å². The average molecular weight is 313 g/mol. The van der Waals surface area contributed by atoms with Gasteiger partial charge < -0.3 is 10.2 Å². The van der Waals surface area contributed by atoms with E-state index in [-0.39, 0.29) is 6.04 Å². The summed E-state index contributed by atoms with van der Waals surface area (Å²) in [6, 6.07) is 9.06. The molecule has 23 heavy (non-hydrogen) atoms. The number of amides is 1. The Kier molecular flexibility index (Phi) is 3.69. The van der Waals surface area contributed by atoms with Gasteiger partial charge in [0.25, 0.3) is 0 Å². The molecule has 0 spiro atoms. The van der Waals surface area contributed by atoms with E-state index < -0.39 is 0 Å². The molecule has 124 valence electrons. The molecular weight excluding hydrogens is 286 g/mol. The summed E-state index contributed by atoms with van der Waals surface area (Å²) >= 11 is 0. The monoisotopic (exact) mass is 313 g/mol. The van der Waals surface area contributed by atoms with E-state index in [1.807, 2.05) is 26.2 Å². The summed E-state index contributed by atoms with van der Waals surface area (Å²) in [6.07, 6.45) is 2.38. The third-order valence-corrected chi connectivity index (χ3v) is 6.26. The molecule has 3 fully saturated rings. The van der Waals surface area contributed by atoms with Crippen molar-refractivity contribution in [1.82, 2.24) is 15.1 Å². The van der Waals surface area contributed by atoms with Crippen LogP contribution in [0, 0.1) is 18.8 Å². The second-order valence-electron chi connectivity index (χ2n) is 7.67. The fraction of sp³-hybridized carbons (Fsp3) is 0.632. The summed E-state index contributed by atoms with van der Waals surface area (Å²) in [6.45, 7) is 4.29. The van der Waals surface area contributed by atoms with Gasteiger partial charge >= 0.3 is 0 Å². The maximum atomic E-state index is 13.5. The predicted molar refractivity (Wildman–Crippen MR) is 91.1 cm³/mol. The fourth-order valence-corrected chi connectivity index (χ4v) is 5.26. The lowest BCUT2D eigenvalue weighted by Crippen LogP contribution is -2.45. The Balaban J connectivity index is 1.66. The SMILES string of the molecule is Cc1ccccc1[C@H](C(=O)N1[C@@H]2CC[C@H]1[C@H]1CNC[C@H]12)N(C)C. The molecule has 3 aliphatic rings. The highest BCUT2D eigenvalue weighted by atomic mass is 16.2. The number of nitrogens with one attached hydrogen (secondary N) is 1. The Morgan fingerprint density at radius 1 is 1.17 bits per heavy atom. The first-order valence-electron chi connectivity index (χ1n) is 8.84. The summed E-state index contributed by atoms with van der Waals surface area (Å²) in [7, 11) is 4.05. The first-order valence-corrected chi connectivity index (χ1v) is 8.84. The number of benzene rings is 1. The number of hydrogen-bond acceptors (Lipinski definition) is 3. The maximum Gasteiger partial charge on any atom is 0.245 e. The average Bonchev–Trinajstić information content (AvgIpc) is 3.20. The van der Waals surface area contributed by atoms with Crippen LogP contribution < -0.4 is 5.32 Å². The molecule has 1 aromatic rings. The van der Waals surface area contributed by atoms with Gasteiger partial charge in [-0.15, -0.1) is 0 Å². The van der Waals surface area contributed by atoms with Crippen molar-refractivity contribution in [2.24, 2.45) is 11.8 Å². The number of carbonyl (C=O) groups excluding carboxylic acids is 1. The smallest absolute Gasteiger partial charge is 0.245 e. The molecule has 3 saturated heterocycles. The molecule has 3 aliphatic heterocycles. The van der Waals surface area contributed by atoms with Gasteiger partial charge in [-0.3, -0.25) is 9.69 Å². The van der Waals surface area contributed by atoms with Crippen LogP contribution in [0.3, 0.4) is 0 Å². The van der Waals surface area contributed by atoms with Crippen LogP contribution in [0.25, 0.3) is 0 Å². The van der Waals surface area contributed by atoms with Crippen LogP contribution in [0.1, 0.15) is 30.0 Å². The lowest BCUT2D eigenvalue weighted by Gasteiger charge is -2.33. The van der Waals surface area contributed by atoms with Gasteiger partial charge in [0.2, 0.25) is 5.91 Å². The molecule has 0 radical (unpaired) electrons. The molecule has 4 heteroatoms. The van der Waals surface area contributed by atoms with Crippen LogP contribution in [0.15, 0.2) is 24.3 Å². The van der Waals surface area contributed by atoms with Crippen LogP contribution in [-0.4, -0.2) is 55.0 Å². The predicted octanol–water partition coefficient (Wildman–Crippen LogP) is 1.81. The van der Waals surface area contributed by atoms with Crippen LogP contribution >= 0.6 is 0 Å². The number of aryl methyl sites for hydroxylation is 1.